The Morgan fingerprint density at radius 1 is 1.05 bits per heavy atom. The van der Waals surface area contributed by atoms with E-state index in [0.717, 1.165) is 29.4 Å². The van der Waals surface area contributed by atoms with Gasteiger partial charge in [-0.05, 0) is 44.2 Å². The van der Waals surface area contributed by atoms with Gasteiger partial charge in [-0.1, -0.05) is 29.5 Å². The lowest BCUT2D eigenvalue weighted by Gasteiger charge is -2.20. The zero-order valence-electron chi connectivity index (χ0n) is 12.3. The second kappa shape index (κ2) is 6.14. The van der Waals surface area contributed by atoms with Crippen molar-refractivity contribution in [2.24, 2.45) is 0 Å². The predicted octanol–water partition coefficient (Wildman–Crippen LogP) is 4.89. The highest BCUT2D eigenvalue weighted by Gasteiger charge is 2.07. The number of rotatable bonds is 5. The van der Waals surface area contributed by atoms with Crippen LogP contribution in [-0.2, 0) is 0 Å². The van der Waals surface area contributed by atoms with Gasteiger partial charge in [-0.15, -0.1) is 0 Å². The molecule has 0 spiro atoms. The van der Waals surface area contributed by atoms with E-state index >= 15 is 0 Å². The van der Waals surface area contributed by atoms with Gasteiger partial charge in [0.15, 0.2) is 5.13 Å². The van der Waals surface area contributed by atoms with Gasteiger partial charge in [0.25, 0.3) is 0 Å². The smallest absolute Gasteiger partial charge is 0.188 e. The van der Waals surface area contributed by atoms with Crippen LogP contribution in [0.1, 0.15) is 13.8 Å². The van der Waals surface area contributed by atoms with Crippen LogP contribution in [-0.4, -0.2) is 18.1 Å². The Morgan fingerprint density at radius 2 is 1.81 bits per heavy atom. The highest BCUT2D eigenvalue weighted by Crippen LogP contribution is 2.31. The van der Waals surface area contributed by atoms with Crippen LogP contribution in [0.4, 0.5) is 16.5 Å². The van der Waals surface area contributed by atoms with Crippen LogP contribution in [0, 0.1) is 0 Å². The second-order valence-corrected chi connectivity index (χ2v) is 5.87. The van der Waals surface area contributed by atoms with Crippen molar-refractivity contribution in [2.45, 2.75) is 13.8 Å². The molecule has 1 aromatic heterocycles. The molecule has 21 heavy (non-hydrogen) atoms. The number of aromatic nitrogens is 1. The number of anilines is 3. The molecule has 0 aliphatic rings. The van der Waals surface area contributed by atoms with E-state index in [2.05, 4.69) is 47.2 Å². The van der Waals surface area contributed by atoms with E-state index in [0.29, 0.717) is 0 Å². The summed E-state index contributed by atoms with van der Waals surface area (Å²) in [7, 11) is 0. The minimum atomic E-state index is 0.938. The van der Waals surface area contributed by atoms with Gasteiger partial charge >= 0.3 is 0 Å². The zero-order chi connectivity index (χ0) is 14.7. The minimum Gasteiger partial charge on any atom is -0.372 e. The molecule has 0 atom stereocenters. The van der Waals surface area contributed by atoms with Crippen molar-refractivity contribution < 1.29 is 0 Å². The second-order valence-electron chi connectivity index (χ2n) is 4.83. The SMILES string of the molecule is CCN(CC)c1ccc2nc(Nc3ccccc3)sc2c1. The van der Waals surface area contributed by atoms with Gasteiger partial charge in [0.1, 0.15) is 0 Å². The highest BCUT2D eigenvalue weighted by molar-refractivity contribution is 7.22. The Kier molecular flexibility index (Phi) is 4.06. The highest BCUT2D eigenvalue weighted by atomic mass is 32.1. The standard InChI is InChI=1S/C17H19N3S/c1-3-20(4-2)14-10-11-15-16(12-14)21-17(19-15)18-13-8-6-5-7-9-13/h5-12H,3-4H2,1-2H3,(H,18,19). The van der Waals surface area contributed by atoms with E-state index in [4.69, 9.17) is 0 Å². The lowest BCUT2D eigenvalue weighted by atomic mass is 10.2. The first-order chi connectivity index (χ1) is 10.3. The Hall–Kier alpha value is -2.07. The Balaban J connectivity index is 1.89. The van der Waals surface area contributed by atoms with Crippen LogP contribution >= 0.6 is 11.3 Å². The van der Waals surface area contributed by atoms with E-state index in [1.54, 1.807) is 11.3 Å². The van der Waals surface area contributed by atoms with Crippen LogP contribution in [0.25, 0.3) is 10.2 Å². The third-order valence-corrected chi connectivity index (χ3v) is 4.46. The van der Waals surface area contributed by atoms with E-state index in [9.17, 15) is 0 Å². The van der Waals surface area contributed by atoms with Gasteiger partial charge in [0, 0.05) is 24.5 Å². The summed E-state index contributed by atoms with van der Waals surface area (Å²) in [6.45, 7) is 6.41. The molecule has 3 rings (SSSR count). The van der Waals surface area contributed by atoms with Crippen molar-refractivity contribution in [1.29, 1.82) is 0 Å². The van der Waals surface area contributed by atoms with Crippen LogP contribution in [0.5, 0.6) is 0 Å². The molecule has 2 aromatic carbocycles. The number of nitrogens with zero attached hydrogens (tertiary/aromatic N) is 2. The fraction of sp³-hybridized carbons (Fsp3) is 0.235. The van der Waals surface area contributed by atoms with Gasteiger partial charge in [-0.3, -0.25) is 0 Å². The van der Waals surface area contributed by atoms with Gasteiger partial charge in [0.05, 0.1) is 10.2 Å². The zero-order valence-corrected chi connectivity index (χ0v) is 13.2. The molecule has 3 nitrogen and oxygen atoms in total. The summed E-state index contributed by atoms with van der Waals surface area (Å²) in [5.41, 5.74) is 3.39. The normalized spacial score (nSPS) is 10.8. The molecule has 0 fully saturated rings. The molecule has 0 aliphatic carbocycles. The molecule has 0 amide bonds. The molecular weight excluding hydrogens is 278 g/mol. The maximum absolute atomic E-state index is 4.65. The van der Waals surface area contributed by atoms with E-state index in [1.165, 1.54) is 10.4 Å². The first kappa shape index (κ1) is 13.9. The summed E-state index contributed by atoms with van der Waals surface area (Å²) in [6, 6.07) is 16.6. The fourth-order valence-electron chi connectivity index (χ4n) is 2.40. The largest absolute Gasteiger partial charge is 0.372 e. The van der Waals surface area contributed by atoms with Gasteiger partial charge in [-0.2, -0.15) is 0 Å². The fourth-order valence-corrected chi connectivity index (χ4v) is 3.32. The number of thiazole rings is 1. The maximum atomic E-state index is 4.65. The van der Waals surface area contributed by atoms with E-state index in [-0.39, 0.29) is 0 Å². The van der Waals surface area contributed by atoms with Crippen molar-refractivity contribution in [3.8, 4) is 0 Å². The monoisotopic (exact) mass is 297 g/mol. The predicted molar refractivity (Wildman–Crippen MR) is 92.9 cm³/mol. The first-order valence-electron chi connectivity index (χ1n) is 7.27. The average molecular weight is 297 g/mol. The van der Waals surface area contributed by atoms with Crippen molar-refractivity contribution >= 4 is 38.1 Å². The lowest BCUT2D eigenvalue weighted by molar-refractivity contribution is 0.867. The number of nitrogens with one attached hydrogen (secondary N) is 1. The summed E-state index contributed by atoms with van der Waals surface area (Å²) < 4.78 is 1.22. The molecular formula is C17H19N3S. The number of fused-ring (bicyclic) bond motifs is 1. The molecule has 0 aliphatic heterocycles. The summed E-state index contributed by atoms with van der Waals surface area (Å²) in [5, 5.41) is 4.30. The van der Waals surface area contributed by atoms with E-state index < -0.39 is 0 Å². The number of benzene rings is 2. The number of hydrogen-bond acceptors (Lipinski definition) is 4. The van der Waals surface area contributed by atoms with Crippen LogP contribution in [0.2, 0.25) is 0 Å². The molecule has 4 heteroatoms. The van der Waals surface area contributed by atoms with Gasteiger partial charge < -0.3 is 10.2 Å². The summed E-state index contributed by atoms with van der Waals surface area (Å²) in [5.74, 6) is 0. The molecule has 0 unspecified atom stereocenters. The topological polar surface area (TPSA) is 28.2 Å². The molecule has 3 aromatic rings. The molecule has 1 heterocycles. The van der Waals surface area contributed by atoms with Crippen molar-refractivity contribution in [1.82, 2.24) is 4.98 Å². The molecule has 0 saturated carbocycles. The number of para-hydroxylation sites is 1. The molecule has 1 N–H and O–H groups in total. The van der Waals surface area contributed by atoms with Crippen LogP contribution < -0.4 is 10.2 Å². The Morgan fingerprint density at radius 3 is 2.52 bits per heavy atom. The third-order valence-electron chi connectivity index (χ3n) is 3.53. The van der Waals surface area contributed by atoms with Crippen molar-refractivity contribution in [2.75, 3.05) is 23.3 Å². The Bertz CT molecular complexity index is 717. The summed E-state index contributed by atoms with van der Waals surface area (Å²) in [4.78, 5) is 7.00. The summed E-state index contributed by atoms with van der Waals surface area (Å²) in [6.07, 6.45) is 0. The summed E-state index contributed by atoms with van der Waals surface area (Å²) >= 11 is 1.70. The molecule has 0 saturated heterocycles. The van der Waals surface area contributed by atoms with Gasteiger partial charge in [-0.25, -0.2) is 4.98 Å². The Labute approximate surface area is 129 Å². The average Bonchev–Trinajstić information content (AvgIpc) is 2.91. The quantitative estimate of drug-likeness (QED) is 0.727. The maximum Gasteiger partial charge on any atom is 0.188 e. The minimum absolute atomic E-state index is 0.938. The van der Waals surface area contributed by atoms with Crippen LogP contribution in [0.15, 0.2) is 48.5 Å². The molecule has 0 bridgehead atoms. The van der Waals surface area contributed by atoms with Crippen molar-refractivity contribution in [3.05, 3.63) is 48.5 Å². The number of hydrogen-bond donors (Lipinski definition) is 1. The van der Waals surface area contributed by atoms with E-state index in [1.807, 2.05) is 30.3 Å². The van der Waals surface area contributed by atoms with Gasteiger partial charge in [0.2, 0.25) is 0 Å². The van der Waals surface area contributed by atoms with Crippen LogP contribution in [0.3, 0.4) is 0 Å². The molecule has 0 radical (unpaired) electrons. The van der Waals surface area contributed by atoms with Crippen molar-refractivity contribution in [3.63, 3.8) is 0 Å². The molecule has 108 valence electrons. The third kappa shape index (κ3) is 3.00. The first-order valence-corrected chi connectivity index (χ1v) is 8.09. The lowest BCUT2D eigenvalue weighted by Crippen LogP contribution is -2.21.